The molecule has 24 heavy (non-hydrogen) atoms. The summed E-state index contributed by atoms with van der Waals surface area (Å²) in [5.41, 5.74) is 0.839. The van der Waals surface area contributed by atoms with E-state index in [0.717, 1.165) is 11.5 Å². The van der Waals surface area contributed by atoms with Crippen LogP contribution >= 0.6 is 0 Å². The van der Waals surface area contributed by atoms with Crippen LogP contribution in [0, 0.1) is 0 Å². The van der Waals surface area contributed by atoms with E-state index in [-0.39, 0.29) is 17.9 Å². The number of nitrogens with zero attached hydrogens (tertiary/aromatic N) is 1. The van der Waals surface area contributed by atoms with Gasteiger partial charge in [0.05, 0.1) is 12.2 Å². The minimum atomic E-state index is -0.292. The fraction of sp³-hybridized carbons (Fsp3) is 0.474. The molecule has 2 aliphatic rings. The first-order chi connectivity index (χ1) is 11.5. The van der Waals surface area contributed by atoms with E-state index in [9.17, 15) is 9.59 Å². The zero-order valence-electron chi connectivity index (χ0n) is 15.3. The molecule has 1 unspecified atom stereocenters. The van der Waals surface area contributed by atoms with E-state index in [0.29, 0.717) is 26.0 Å². The van der Waals surface area contributed by atoms with Crippen molar-refractivity contribution < 1.29 is 14.3 Å². The molecular formula is C19H30N2O3. The molecule has 1 saturated heterocycles. The highest BCUT2D eigenvalue weighted by atomic mass is 16.5. The summed E-state index contributed by atoms with van der Waals surface area (Å²) in [5, 5.41) is 2.37. The highest BCUT2D eigenvalue weighted by molar-refractivity contribution is 6.00. The zero-order valence-corrected chi connectivity index (χ0v) is 15.3. The zero-order chi connectivity index (χ0) is 18.5. The van der Waals surface area contributed by atoms with Gasteiger partial charge < -0.3 is 9.64 Å². The second-order valence-corrected chi connectivity index (χ2v) is 4.92. The van der Waals surface area contributed by atoms with Crippen molar-refractivity contribution in [3.05, 3.63) is 48.9 Å². The Hall–Kier alpha value is -2.30. The Morgan fingerprint density at radius 2 is 1.96 bits per heavy atom. The van der Waals surface area contributed by atoms with Crippen LogP contribution in [-0.2, 0) is 14.3 Å². The summed E-state index contributed by atoms with van der Waals surface area (Å²) in [5.74, 6) is 0.353. The summed E-state index contributed by atoms with van der Waals surface area (Å²) >= 11 is 0. The van der Waals surface area contributed by atoms with Crippen LogP contribution in [-0.4, -0.2) is 35.9 Å². The molecule has 0 saturated carbocycles. The van der Waals surface area contributed by atoms with Crippen LogP contribution in [0.3, 0.4) is 0 Å². The molecule has 0 spiro atoms. The lowest BCUT2D eigenvalue weighted by atomic mass is 10.0. The molecule has 2 amide bonds. The van der Waals surface area contributed by atoms with Crippen molar-refractivity contribution >= 4 is 11.8 Å². The second kappa shape index (κ2) is 12.2. The highest BCUT2D eigenvalue weighted by Gasteiger charge is 2.34. The van der Waals surface area contributed by atoms with Crippen molar-refractivity contribution in [2.24, 2.45) is 0 Å². The Morgan fingerprint density at radius 1 is 1.29 bits per heavy atom. The molecule has 5 heteroatoms. The Labute approximate surface area is 145 Å². The van der Waals surface area contributed by atoms with Gasteiger partial charge in [-0.3, -0.25) is 14.9 Å². The molecule has 5 nitrogen and oxygen atoms in total. The fourth-order valence-electron chi connectivity index (χ4n) is 2.39. The number of amides is 2. The molecule has 2 heterocycles. The molecule has 0 aliphatic carbocycles. The number of carbonyl (C=O) groups is 2. The largest absolute Gasteiger partial charge is 0.494 e. The van der Waals surface area contributed by atoms with Crippen molar-refractivity contribution in [1.29, 1.82) is 0 Å². The van der Waals surface area contributed by atoms with Crippen molar-refractivity contribution in [3.63, 3.8) is 0 Å². The molecule has 0 aromatic rings. The summed E-state index contributed by atoms with van der Waals surface area (Å²) < 4.78 is 5.43. The maximum atomic E-state index is 11.8. The summed E-state index contributed by atoms with van der Waals surface area (Å²) in [6.45, 7) is 16.2. The first-order valence-corrected chi connectivity index (χ1v) is 8.35. The van der Waals surface area contributed by atoms with Crippen LogP contribution < -0.4 is 5.32 Å². The average molecular weight is 334 g/mol. The Bertz CT molecular complexity index is 507. The van der Waals surface area contributed by atoms with E-state index in [4.69, 9.17) is 4.74 Å². The van der Waals surface area contributed by atoms with Crippen molar-refractivity contribution in [2.75, 3.05) is 13.2 Å². The summed E-state index contributed by atoms with van der Waals surface area (Å²) in [7, 11) is 0. The minimum absolute atomic E-state index is 0.194. The van der Waals surface area contributed by atoms with Gasteiger partial charge in [-0.15, -0.1) is 0 Å². The molecule has 1 N–H and O–H groups in total. The SMILES string of the molecule is C=C/C=C\C.C=CC1=C(C)OCCN1C1CCC(=O)NC1=O.CC. The quantitative estimate of drug-likeness (QED) is 0.635. The number of rotatable bonds is 3. The average Bonchev–Trinajstić information content (AvgIpc) is 2.58. The monoisotopic (exact) mass is 334 g/mol. The van der Waals surface area contributed by atoms with Crippen molar-refractivity contribution in [3.8, 4) is 0 Å². The van der Waals surface area contributed by atoms with Crippen LogP contribution in [0.5, 0.6) is 0 Å². The maximum absolute atomic E-state index is 11.8. The van der Waals surface area contributed by atoms with Gasteiger partial charge in [-0.1, -0.05) is 45.2 Å². The molecule has 134 valence electrons. The number of ether oxygens (including phenoxy) is 1. The lowest BCUT2D eigenvalue weighted by Gasteiger charge is -2.38. The van der Waals surface area contributed by atoms with Gasteiger partial charge in [0.2, 0.25) is 11.8 Å². The van der Waals surface area contributed by atoms with Crippen molar-refractivity contribution in [2.45, 2.75) is 46.6 Å². The molecule has 0 aromatic carbocycles. The predicted octanol–water partition coefficient (Wildman–Crippen LogP) is 3.32. The lowest BCUT2D eigenvalue weighted by Crippen LogP contribution is -2.53. The van der Waals surface area contributed by atoms with Gasteiger partial charge in [-0.05, 0) is 26.3 Å². The Balaban J connectivity index is 0.000000650. The molecule has 1 atom stereocenters. The molecule has 0 radical (unpaired) electrons. The smallest absolute Gasteiger partial charge is 0.249 e. The van der Waals surface area contributed by atoms with E-state index in [1.54, 1.807) is 12.2 Å². The third-order valence-corrected chi connectivity index (χ3v) is 3.43. The molecule has 2 rings (SSSR count). The Morgan fingerprint density at radius 3 is 2.42 bits per heavy atom. The van der Waals surface area contributed by atoms with E-state index < -0.39 is 0 Å². The van der Waals surface area contributed by atoms with Crippen LogP contribution in [0.15, 0.2) is 48.9 Å². The minimum Gasteiger partial charge on any atom is -0.494 e. The molecule has 2 aliphatic heterocycles. The third kappa shape index (κ3) is 6.44. The van der Waals surface area contributed by atoms with Gasteiger partial charge in [-0.25, -0.2) is 0 Å². The van der Waals surface area contributed by atoms with Crippen LogP contribution in [0.25, 0.3) is 0 Å². The Kier molecular flexibility index (Phi) is 11.0. The molecule has 0 bridgehead atoms. The van der Waals surface area contributed by atoms with Crippen LogP contribution in [0.2, 0.25) is 0 Å². The summed E-state index contributed by atoms with van der Waals surface area (Å²) in [6.07, 6.45) is 8.21. The summed E-state index contributed by atoms with van der Waals surface area (Å²) in [6, 6.07) is -0.292. The molecule has 0 aromatic heterocycles. The number of hydrogen-bond acceptors (Lipinski definition) is 4. The third-order valence-electron chi connectivity index (χ3n) is 3.43. The van der Waals surface area contributed by atoms with Crippen molar-refractivity contribution in [1.82, 2.24) is 10.2 Å². The predicted molar refractivity (Wildman–Crippen MR) is 98.1 cm³/mol. The van der Waals surface area contributed by atoms with Gasteiger partial charge in [0.15, 0.2) is 0 Å². The van der Waals surface area contributed by atoms with Crippen LogP contribution in [0.4, 0.5) is 0 Å². The van der Waals surface area contributed by atoms with Gasteiger partial charge in [0.1, 0.15) is 18.4 Å². The lowest BCUT2D eigenvalue weighted by molar-refractivity contribution is -0.137. The first kappa shape index (κ1) is 21.7. The maximum Gasteiger partial charge on any atom is 0.249 e. The number of hydrogen-bond donors (Lipinski definition) is 1. The summed E-state index contributed by atoms with van der Waals surface area (Å²) in [4.78, 5) is 24.9. The van der Waals surface area contributed by atoms with E-state index in [1.165, 1.54) is 0 Å². The van der Waals surface area contributed by atoms with Gasteiger partial charge in [-0.2, -0.15) is 0 Å². The van der Waals surface area contributed by atoms with E-state index in [1.807, 2.05) is 44.7 Å². The first-order valence-electron chi connectivity index (χ1n) is 8.35. The van der Waals surface area contributed by atoms with Gasteiger partial charge in [0.25, 0.3) is 0 Å². The topological polar surface area (TPSA) is 58.6 Å². The van der Waals surface area contributed by atoms with E-state index in [2.05, 4.69) is 18.5 Å². The van der Waals surface area contributed by atoms with E-state index >= 15 is 0 Å². The number of imide groups is 1. The number of carbonyl (C=O) groups excluding carboxylic acids is 2. The molecule has 1 fully saturated rings. The normalized spacial score (nSPS) is 20.2. The van der Waals surface area contributed by atoms with Gasteiger partial charge in [0, 0.05) is 6.42 Å². The second-order valence-electron chi connectivity index (χ2n) is 4.92. The number of nitrogens with one attached hydrogen (secondary N) is 1. The fourth-order valence-corrected chi connectivity index (χ4v) is 2.39. The number of allylic oxidation sites excluding steroid dienone is 5. The number of piperidine rings is 1. The van der Waals surface area contributed by atoms with Gasteiger partial charge >= 0.3 is 0 Å². The standard InChI is InChI=1S/C12H16N2O3.C5H8.C2H6/c1-3-9-8(2)17-7-6-14(9)10-4-5-11(15)13-12(10)16;1-3-5-4-2;1-2/h3,10H,1,4-7H2,2H3,(H,13,15,16);3-5H,1H2,2H3;1-2H3/b;5-4-;. The highest BCUT2D eigenvalue weighted by Crippen LogP contribution is 2.24. The van der Waals surface area contributed by atoms with Crippen LogP contribution in [0.1, 0.15) is 40.5 Å². The molecular weight excluding hydrogens is 304 g/mol.